The van der Waals surface area contributed by atoms with E-state index < -0.39 is 5.41 Å². The number of allylic oxidation sites excluding steroid dienone is 2. The molecule has 0 atom stereocenters. The summed E-state index contributed by atoms with van der Waals surface area (Å²) >= 11 is 0. The number of aliphatic hydroxyl groups excluding tert-OH is 1. The van der Waals surface area contributed by atoms with Crippen molar-refractivity contribution in [1.29, 1.82) is 0 Å². The van der Waals surface area contributed by atoms with Crippen molar-refractivity contribution in [3.05, 3.63) is 77.7 Å². The first-order valence-corrected chi connectivity index (χ1v) is 10.6. The van der Waals surface area contributed by atoms with Crippen molar-refractivity contribution in [2.24, 2.45) is 10.8 Å². The van der Waals surface area contributed by atoms with Gasteiger partial charge in [-0.25, -0.2) is 0 Å². The van der Waals surface area contributed by atoms with Gasteiger partial charge in [0.2, 0.25) is 0 Å². The molecule has 1 heterocycles. The molecule has 0 unspecified atom stereocenters. The van der Waals surface area contributed by atoms with E-state index in [4.69, 9.17) is 0 Å². The molecule has 2 aromatic carbocycles. The molecule has 1 radical (unpaired) electrons. The van der Waals surface area contributed by atoms with E-state index in [0.29, 0.717) is 0 Å². The summed E-state index contributed by atoms with van der Waals surface area (Å²) in [6.07, 6.45) is 3.27. The second-order valence-electron chi connectivity index (χ2n) is 9.99. The fraction of sp³-hybridized carbons (Fsp3) is 0.357. The third-order valence-corrected chi connectivity index (χ3v) is 5.04. The molecule has 173 valence electrons. The molecule has 0 fully saturated rings. The minimum absolute atomic E-state index is 0. The standard InChI is InChI=1S/C17H14N.C11H20O2.Ir/c1-12-6-5-8-14(10-12)17-13(2)16-9-4-3-7-15(16)11-18-17;1-10(2,3)8(12)7-9(13)11(4,5)6;/h3-7,9-11H,1-2H3;7,12H,1-6H3;/q-1;;/b;8-7-;. The van der Waals surface area contributed by atoms with E-state index in [0.717, 1.165) is 11.3 Å². The monoisotopic (exact) mass is 609 g/mol. The van der Waals surface area contributed by atoms with Gasteiger partial charge in [0, 0.05) is 43.2 Å². The molecule has 0 aliphatic heterocycles. The van der Waals surface area contributed by atoms with Crippen molar-refractivity contribution in [1.82, 2.24) is 4.98 Å². The minimum atomic E-state index is -0.417. The Kier molecular flexibility index (Phi) is 9.56. The molecule has 3 rings (SSSR count). The van der Waals surface area contributed by atoms with Crippen LogP contribution < -0.4 is 0 Å². The van der Waals surface area contributed by atoms with Gasteiger partial charge in [-0.2, -0.15) is 0 Å². The van der Waals surface area contributed by atoms with E-state index in [1.165, 1.54) is 28.0 Å². The van der Waals surface area contributed by atoms with E-state index in [1.807, 2.05) is 59.9 Å². The van der Waals surface area contributed by atoms with E-state index >= 15 is 0 Å². The van der Waals surface area contributed by atoms with Gasteiger partial charge in [-0.15, -0.1) is 35.4 Å². The number of benzene rings is 2. The molecule has 0 saturated carbocycles. The van der Waals surface area contributed by atoms with Crippen molar-refractivity contribution in [3.8, 4) is 11.3 Å². The predicted molar refractivity (Wildman–Crippen MR) is 130 cm³/mol. The SMILES string of the molecule is CC(C)(C)C(=O)/C=C(\O)C(C)(C)C.Cc1cc[c-]c(-c2ncc3ccccc3c2C)c1.[Ir]. The fourth-order valence-corrected chi connectivity index (χ4v) is 2.86. The molecule has 3 nitrogen and oxygen atoms in total. The third-order valence-electron chi connectivity index (χ3n) is 5.04. The largest absolute Gasteiger partial charge is 0.512 e. The molecule has 3 aromatic rings. The maximum absolute atomic E-state index is 11.5. The van der Waals surface area contributed by atoms with Crippen LogP contribution in [0.25, 0.3) is 22.0 Å². The maximum atomic E-state index is 11.5. The van der Waals surface area contributed by atoms with Crippen LogP contribution in [0.3, 0.4) is 0 Å². The molecule has 4 heteroatoms. The van der Waals surface area contributed by atoms with Gasteiger partial charge < -0.3 is 10.1 Å². The van der Waals surface area contributed by atoms with Crippen LogP contribution in [0.4, 0.5) is 0 Å². The number of rotatable bonds is 2. The molecular weight excluding hydrogens is 575 g/mol. The van der Waals surface area contributed by atoms with Gasteiger partial charge in [0.1, 0.15) is 5.76 Å². The van der Waals surface area contributed by atoms with Crippen LogP contribution in [0.1, 0.15) is 52.7 Å². The smallest absolute Gasteiger partial charge is 0.164 e. The fourth-order valence-electron chi connectivity index (χ4n) is 2.86. The number of carbonyl (C=O) groups is 1. The number of nitrogens with zero attached hydrogens (tertiary/aromatic N) is 1. The number of hydrogen-bond donors (Lipinski definition) is 1. The number of aliphatic hydroxyl groups is 1. The summed E-state index contributed by atoms with van der Waals surface area (Å²) in [7, 11) is 0. The Hall–Kier alpha value is -2.29. The van der Waals surface area contributed by atoms with Crippen molar-refractivity contribution in [2.45, 2.75) is 55.4 Å². The van der Waals surface area contributed by atoms with Gasteiger partial charge in [-0.1, -0.05) is 78.3 Å². The molecule has 0 saturated heterocycles. The van der Waals surface area contributed by atoms with Crippen LogP contribution in [0.5, 0.6) is 0 Å². The Bertz CT molecular complexity index is 1100. The number of pyridine rings is 1. The number of aryl methyl sites for hydroxylation is 2. The van der Waals surface area contributed by atoms with Crippen molar-refractivity contribution < 1.29 is 30.0 Å². The molecule has 1 aromatic heterocycles. The van der Waals surface area contributed by atoms with Crippen molar-refractivity contribution >= 4 is 16.6 Å². The Balaban J connectivity index is 0.000000330. The molecule has 0 bridgehead atoms. The van der Waals surface area contributed by atoms with Gasteiger partial charge in [0.25, 0.3) is 0 Å². The number of fused-ring (bicyclic) bond motifs is 1. The zero-order valence-electron chi connectivity index (χ0n) is 20.3. The van der Waals surface area contributed by atoms with E-state index in [1.54, 1.807) is 0 Å². The average molecular weight is 609 g/mol. The number of aromatic nitrogens is 1. The van der Waals surface area contributed by atoms with Crippen molar-refractivity contribution in [2.75, 3.05) is 0 Å². The first-order valence-electron chi connectivity index (χ1n) is 10.6. The molecule has 0 amide bonds. The molecule has 0 aliphatic rings. The van der Waals surface area contributed by atoms with E-state index in [-0.39, 0.29) is 37.1 Å². The molecule has 32 heavy (non-hydrogen) atoms. The quantitative estimate of drug-likeness (QED) is 0.187. The molecule has 1 N–H and O–H groups in total. The van der Waals surface area contributed by atoms with Gasteiger partial charge in [-0.3, -0.25) is 4.79 Å². The topological polar surface area (TPSA) is 50.2 Å². The van der Waals surface area contributed by atoms with Crippen LogP contribution >= 0.6 is 0 Å². The van der Waals surface area contributed by atoms with Crippen molar-refractivity contribution in [3.63, 3.8) is 0 Å². The summed E-state index contributed by atoms with van der Waals surface area (Å²) in [5.74, 6) is 0.104. The third kappa shape index (κ3) is 7.39. The second kappa shape index (κ2) is 11.0. The summed E-state index contributed by atoms with van der Waals surface area (Å²) in [6.45, 7) is 15.3. The van der Waals surface area contributed by atoms with Gasteiger partial charge >= 0.3 is 0 Å². The zero-order chi connectivity index (χ0) is 23.4. The Morgan fingerprint density at radius 1 is 1.00 bits per heavy atom. The normalized spacial score (nSPS) is 11.9. The summed E-state index contributed by atoms with van der Waals surface area (Å²) in [4.78, 5) is 16.1. The van der Waals surface area contributed by atoms with E-state index in [2.05, 4.69) is 55.2 Å². The maximum Gasteiger partial charge on any atom is 0.164 e. The van der Waals surface area contributed by atoms with Crippen LogP contribution in [0, 0.1) is 30.7 Å². The second-order valence-corrected chi connectivity index (χ2v) is 9.99. The molecule has 0 spiro atoms. The van der Waals surface area contributed by atoms with Crippen LogP contribution in [-0.4, -0.2) is 15.9 Å². The number of ketones is 1. The zero-order valence-corrected chi connectivity index (χ0v) is 22.7. The predicted octanol–water partition coefficient (Wildman–Crippen LogP) is 7.41. The first kappa shape index (κ1) is 27.7. The van der Waals surface area contributed by atoms with Crippen LogP contribution in [-0.2, 0) is 24.9 Å². The van der Waals surface area contributed by atoms with Gasteiger partial charge in [0.15, 0.2) is 5.78 Å². The molecular formula is C28H34IrNO2-. The average Bonchev–Trinajstić information content (AvgIpc) is 2.67. The molecule has 0 aliphatic carbocycles. The van der Waals surface area contributed by atoms with Crippen LogP contribution in [0.15, 0.2) is 60.5 Å². The number of carbonyl (C=O) groups excluding carboxylic acids is 1. The Morgan fingerprint density at radius 2 is 1.62 bits per heavy atom. The van der Waals surface area contributed by atoms with Crippen LogP contribution in [0.2, 0.25) is 0 Å². The summed E-state index contributed by atoms with van der Waals surface area (Å²) in [6, 6.07) is 17.8. The first-order chi connectivity index (χ1) is 14.3. The Morgan fingerprint density at radius 3 is 2.19 bits per heavy atom. The minimum Gasteiger partial charge on any atom is -0.512 e. The summed E-state index contributed by atoms with van der Waals surface area (Å²) in [5.41, 5.74) is 3.78. The van der Waals surface area contributed by atoms with Gasteiger partial charge in [0.05, 0.1) is 0 Å². The Labute approximate surface area is 206 Å². The van der Waals surface area contributed by atoms with E-state index in [9.17, 15) is 9.90 Å². The number of hydrogen-bond acceptors (Lipinski definition) is 3. The van der Waals surface area contributed by atoms with Gasteiger partial charge in [-0.05, 0) is 23.4 Å². The summed E-state index contributed by atoms with van der Waals surface area (Å²) < 4.78 is 0. The summed E-state index contributed by atoms with van der Waals surface area (Å²) in [5, 5.41) is 12.0.